The highest BCUT2D eigenvalue weighted by atomic mass is 16.2. The number of carbonyl (C=O) groups excluding carboxylic acids is 1. The zero-order chi connectivity index (χ0) is 14.9. The molecule has 0 saturated heterocycles. The third kappa shape index (κ3) is 3.65. The van der Waals surface area contributed by atoms with Crippen molar-refractivity contribution >= 4 is 5.91 Å². The van der Waals surface area contributed by atoms with Crippen LogP contribution in [0, 0.1) is 6.92 Å². The Bertz CT molecular complexity index is 516. The molecule has 0 heterocycles. The zero-order valence-electron chi connectivity index (χ0n) is 13.0. The molecule has 0 aromatic heterocycles. The predicted octanol–water partition coefficient (Wildman–Crippen LogP) is 3.15. The van der Waals surface area contributed by atoms with Crippen LogP contribution in [0.2, 0.25) is 0 Å². The number of aryl methyl sites for hydroxylation is 1. The van der Waals surface area contributed by atoms with E-state index in [1.165, 1.54) is 24.0 Å². The summed E-state index contributed by atoms with van der Waals surface area (Å²) in [6.45, 7) is 2.83. The van der Waals surface area contributed by atoms with Crippen molar-refractivity contribution < 1.29 is 4.79 Å². The van der Waals surface area contributed by atoms with Gasteiger partial charge in [-0.15, -0.1) is 0 Å². The van der Waals surface area contributed by atoms with E-state index in [1.54, 1.807) is 0 Å². The van der Waals surface area contributed by atoms with E-state index in [0.29, 0.717) is 12.5 Å². The van der Waals surface area contributed by atoms with Crippen LogP contribution in [-0.2, 0) is 11.3 Å². The van der Waals surface area contributed by atoms with Gasteiger partial charge in [0, 0.05) is 24.5 Å². The standard InChI is InChI=1S/C18H26N2O/c1-14-5-4-6-15(11-14)13-20(16-7-8-16)17(21)12-18(19)9-2-3-10-18/h4-6,11,16H,2-3,7-10,12-13,19H2,1H3. The molecule has 0 atom stereocenters. The van der Waals surface area contributed by atoms with Crippen LogP contribution >= 0.6 is 0 Å². The van der Waals surface area contributed by atoms with Crippen LogP contribution < -0.4 is 5.73 Å². The summed E-state index contributed by atoms with van der Waals surface area (Å²) in [5.74, 6) is 0.253. The van der Waals surface area contributed by atoms with Crippen molar-refractivity contribution in [1.82, 2.24) is 4.90 Å². The van der Waals surface area contributed by atoms with Crippen LogP contribution in [0.3, 0.4) is 0 Å². The van der Waals surface area contributed by atoms with Crippen molar-refractivity contribution in [3.05, 3.63) is 35.4 Å². The van der Waals surface area contributed by atoms with Crippen LogP contribution in [0.15, 0.2) is 24.3 Å². The minimum absolute atomic E-state index is 0.239. The second kappa shape index (κ2) is 5.80. The lowest BCUT2D eigenvalue weighted by molar-refractivity contribution is -0.133. The van der Waals surface area contributed by atoms with Gasteiger partial charge in [-0.2, -0.15) is 0 Å². The first-order valence-electron chi connectivity index (χ1n) is 8.20. The average Bonchev–Trinajstić information content (AvgIpc) is 3.18. The van der Waals surface area contributed by atoms with Gasteiger partial charge >= 0.3 is 0 Å². The number of carbonyl (C=O) groups is 1. The monoisotopic (exact) mass is 286 g/mol. The Balaban J connectivity index is 1.68. The first kappa shape index (κ1) is 14.6. The molecule has 0 unspecified atom stereocenters. The summed E-state index contributed by atoms with van der Waals surface area (Å²) in [6.07, 6.45) is 7.17. The molecule has 0 spiro atoms. The van der Waals surface area contributed by atoms with E-state index in [-0.39, 0.29) is 11.4 Å². The summed E-state index contributed by atoms with van der Waals surface area (Å²) in [5.41, 5.74) is 8.63. The summed E-state index contributed by atoms with van der Waals surface area (Å²) in [4.78, 5) is 14.8. The van der Waals surface area contributed by atoms with Crippen molar-refractivity contribution in [2.24, 2.45) is 5.73 Å². The summed E-state index contributed by atoms with van der Waals surface area (Å²) in [6, 6.07) is 8.91. The Morgan fingerprint density at radius 1 is 1.33 bits per heavy atom. The fourth-order valence-electron chi connectivity index (χ4n) is 3.47. The van der Waals surface area contributed by atoms with Gasteiger partial charge in [0.1, 0.15) is 0 Å². The number of nitrogens with two attached hydrogens (primary N) is 1. The Hall–Kier alpha value is -1.35. The fourth-order valence-corrected chi connectivity index (χ4v) is 3.47. The molecule has 0 bridgehead atoms. The van der Waals surface area contributed by atoms with Crippen LogP contribution in [0.5, 0.6) is 0 Å². The fraction of sp³-hybridized carbons (Fsp3) is 0.611. The van der Waals surface area contributed by atoms with Gasteiger partial charge in [-0.25, -0.2) is 0 Å². The van der Waals surface area contributed by atoms with E-state index in [9.17, 15) is 4.79 Å². The van der Waals surface area contributed by atoms with Gasteiger partial charge in [0.05, 0.1) is 0 Å². The van der Waals surface area contributed by atoms with E-state index >= 15 is 0 Å². The summed E-state index contributed by atoms with van der Waals surface area (Å²) >= 11 is 0. The predicted molar refractivity (Wildman–Crippen MR) is 84.8 cm³/mol. The third-order valence-corrected chi connectivity index (χ3v) is 4.85. The molecule has 0 aliphatic heterocycles. The average molecular weight is 286 g/mol. The zero-order valence-corrected chi connectivity index (χ0v) is 13.0. The molecule has 3 heteroatoms. The molecular weight excluding hydrogens is 260 g/mol. The highest BCUT2D eigenvalue weighted by Crippen LogP contribution is 2.34. The molecule has 21 heavy (non-hydrogen) atoms. The maximum atomic E-state index is 12.7. The summed E-state index contributed by atoms with van der Waals surface area (Å²) < 4.78 is 0. The summed E-state index contributed by atoms with van der Waals surface area (Å²) in [7, 11) is 0. The first-order chi connectivity index (χ1) is 10.1. The van der Waals surface area contributed by atoms with Crippen molar-refractivity contribution in [3.8, 4) is 0 Å². The maximum absolute atomic E-state index is 12.7. The third-order valence-electron chi connectivity index (χ3n) is 4.85. The molecule has 3 rings (SSSR count). The number of amides is 1. The van der Waals surface area contributed by atoms with Crippen molar-refractivity contribution in [2.75, 3.05) is 0 Å². The lowest BCUT2D eigenvalue weighted by Crippen LogP contribution is -2.44. The lowest BCUT2D eigenvalue weighted by atomic mass is 9.94. The van der Waals surface area contributed by atoms with Crippen molar-refractivity contribution in [3.63, 3.8) is 0 Å². The highest BCUT2D eigenvalue weighted by Gasteiger charge is 2.37. The van der Waals surface area contributed by atoms with Crippen LogP contribution in [0.1, 0.15) is 56.1 Å². The minimum atomic E-state index is -0.239. The number of hydrogen-bond donors (Lipinski definition) is 1. The normalized spacial score (nSPS) is 20.5. The number of nitrogens with zero attached hydrogens (tertiary/aromatic N) is 1. The lowest BCUT2D eigenvalue weighted by Gasteiger charge is -2.29. The van der Waals surface area contributed by atoms with Gasteiger partial charge in [-0.1, -0.05) is 42.7 Å². The number of benzene rings is 1. The van der Waals surface area contributed by atoms with Gasteiger partial charge in [-0.05, 0) is 38.2 Å². The van der Waals surface area contributed by atoms with Gasteiger partial charge in [0.2, 0.25) is 5.91 Å². The van der Waals surface area contributed by atoms with Gasteiger partial charge < -0.3 is 10.6 Å². The largest absolute Gasteiger partial charge is 0.335 e. The van der Waals surface area contributed by atoms with Gasteiger partial charge in [0.15, 0.2) is 0 Å². The van der Waals surface area contributed by atoms with E-state index < -0.39 is 0 Å². The Morgan fingerprint density at radius 2 is 2.05 bits per heavy atom. The second-order valence-corrected chi connectivity index (χ2v) is 6.99. The molecule has 3 nitrogen and oxygen atoms in total. The van der Waals surface area contributed by atoms with E-state index in [0.717, 1.165) is 32.2 Å². The molecule has 1 aromatic carbocycles. The topological polar surface area (TPSA) is 46.3 Å². The number of rotatable bonds is 5. The SMILES string of the molecule is Cc1cccc(CN(C(=O)CC2(N)CCCC2)C2CC2)c1. The van der Waals surface area contributed by atoms with Gasteiger partial charge in [-0.3, -0.25) is 4.79 Å². The first-order valence-corrected chi connectivity index (χ1v) is 8.20. The molecule has 2 saturated carbocycles. The van der Waals surface area contributed by atoms with Crippen LogP contribution in [-0.4, -0.2) is 22.4 Å². The summed E-state index contributed by atoms with van der Waals surface area (Å²) in [5, 5.41) is 0. The van der Waals surface area contributed by atoms with E-state index in [1.807, 2.05) is 0 Å². The van der Waals surface area contributed by atoms with E-state index in [2.05, 4.69) is 36.1 Å². The molecule has 1 amide bonds. The number of hydrogen-bond acceptors (Lipinski definition) is 2. The molecule has 114 valence electrons. The molecule has 2 fully saturated rings. The molecule has 0 radical (unpaired) electrons. The molecular formula is C18H26N2O. The maximum Gasteiger partial charge on any atom is 0.224 e. The van der Waals surface area contributed by atoms with Crippen molar-refractivity contribution in [2.45, 2.75) is 70.0 Å². The highest BCUT2D eigenvalue weighted by molar-refractivity contribution is 5.78. The Morgan fingerprint density at radius 3 is 2.67 bits per heavy atom. The Labute approximate surface area is 127 Å². The van der Waals surface area contributed by atoms with Crippen LogP contribution in [0.4, 0.5) is 0 Å². The smallest absolute Gasteiger partial charge is 0.224 e. The van der Waals surface area contributed by atoms with Crippen LogP contribution in [0.25, 0.3) is 0 Å². The molecule has 2 N–H and O–H groups in total. The van der Waals surface area contributed by atoms with E-state index in [4.69, 9.17) is 5.73 Å². The molecule has 1 aromatic rings. The van der Waals surface area contributed by atoms with Gasteiger partial charge in [0.25, 0.3) is 0 Å². The second-order valence-electron chi connectivity index (χ2n) is 6.99. The Kier molecular flexibility index (Phi) is 4.03. The molecule has 2 aliphatic rings. The molecule has 2 aliphatic carbocycles. The minimum Gasteiger partial charge on any atom is -0.335 e. The van der Waals surface area contributed by atoms with Crippen molar-refractivity contribution in [1.29, 1.82) is 0 Å². The quantitative estimate of drug-likeness (QED) is 0.904.